The number of esters is 1. The number of hydrogen-bond acceptors (Lipinski definition) is 4. The molecule has 1 aromatic heterocycles. The van der Waals surface area contributed by atoms with E-state index in [1.54, 1.807) is 4.90 Å². The van der Waals surface area contributed by atoms with Crippen LogP contribution in [0.15, 0.2) is 30.5 Å². The maximum atomic E-state index is 13.0. The van der Waals surface area contributed by atoms with Crippen molar-refractivity contribution in [3.8, 4) is 11.3 Å². The standard InChI is InChI=1S/C18H22FN3O3/c1-11(2)22(12(3)4)16(23)10-25-18(24)15-9-20-21-17(15)13-5-7-14(19)8-6-13/h5-9,11-12H,10H2,1-4H3,(H,20,21). The highest BCUT2D eigenvalue weighted by Gasteiger charge is 2.23. The third-order valence-electron chi connectivity index (χ3n) is 3.72. The SMILES string of the molecule is CC(C)N(C(=O)COC(=O)c1cn[nH]c1-c1ccc(F)cc1)C(C)C. The third-order valence-corrected chi connectivity index (χ3v) is 3.72. The molecule has 0 fully saturated rings. The smallest absolute Gasteiger partial charge is 0.342 e. The number of rotatable bonds is 6. The van der Waals surface area contributed by atoms with Crippen molar-refractivity contribution in [1.82, 2.24) is 15.1 Å². The van der Waals surface area contributed by atoms with Gasteiger partial charge in [-0.25, -0.2) is 9.18 Å². The van der Waals surface area contributed by atoms with E-state index in [1.165, 1.54) is 30.5 Å². The molecule has 25 heavy (non-hydrogen) atoms. The van der Waals surface area contributed by atoms with Crippen molar-refractivity contribution in [3.63, 3.8) is 0 Å². The van der Waals surface area contributed by atoms with Crippen molar-refractivity contribution in [2.45, 2.75) is 39.8 Å². The molecule has 7 heteroatoms. The van der Waals surface area contributed by atoms with Crippen LogP contribution in [0.4, 0.5) is 4.39 Å². The molecule has 0 saturated carbocycles. The summed E-state index contributed by atoms with van der Waals surface area (Å²) in [5, 5.41) is 6.55. The second kappa shape index (κ2) is 7.92. The van der Waals surface area contributed by atoms with Gasteiger partial charge in [-0.15, -0.1) is 0 Å². The molecular formula is C18H22FN3O3. The minimum atomic E-state index is -0.658. The van der Waals surface area contributed by atoms with E-state index in [2.05, 4.69) is 10.2 Å². The fraction of sp³-hybridized carbons (Fsp3) is 0.389. The topological polar surface area (TPSA) is 75.3 Å². The Labute approximate surface area is 146 Å². The van der Waals surface area contributed by atoms with Crippen molar-refractivity contribution < 1.29 is 18.7 Å². The lowest BCUT2D eigenvalue weighted by Gasteiger charge is -2.30. The van der Waals surface area contributed by atoms with Gasteiger partial charge in [0.25, 0.3) is 5.91 Å². The molecule has 0 saturated heterocycles. The fourth-order valence-corrected chi connectivity index (χ4v) is 2.73. The van der Waals surface area contributed by atoms with Gasteiger partial charge in [-0.1, -0.05) is 0 Å². The zero-order valence-electron chi connectivity index (χ0n) is 14.7. The van der Waals surface area contributed by atoms with Crippen molar-refractivity contribution in [3.05, 3.63) is 41.8 Å². The van der Waals surface area contributed by atoms with Crippen LogP contribution < -0.4 is 0 Å². The van der Waals surface area contributed by atoms with E-state index >= 15 is 0 Å². The molecule has 0 spiro atoms. The van der Waals surface area contributed by atoms with Crippen LogP contribution in [0.1, 0.15) is 38.1 Å². The number of nitrogens with zero attached hydrogens (tertiary/aromatic N) is 2. The molecule has 2 aromatic rings. The normalized spacial score (nSPS) is 11.0. The molecule has 2 rings (SSSR count). The largest absolute Gasteiger partial charge is 0.452 e. The first-order chi connectivity index (χ1) is 11.8. The quantitative estimate of drug-likeness (QED) is 0.815. The minimum absolute atomic E-state index is 0.00917. The average molecular weight is 347 g/mol. The average Bonchev–Trinajstić information content (AvgIpc) is 3.02. The Kier molecular flexibility index (Phi) is 5.90. The van der Waals surface area contributed by atoms with E-state index in [-0.39, 0.29) is 36.0 Å². The molecule has 1 aromatic carbocycles. The Morgan fingerprint density at radius 3 is 2.32 bits per heavy atom. The number of carbonyl (C=O) groups is 2. The van der Waals surface area contributed by atoms with Crippen molar-refractivity contribution >= 4 is 11.9 Å². The summed E-state index contributed by atoms with van der Waals surface area (Å²) in [4.78, 5) is 26.2. The maximum absolute atomic E-state index is 13.0. The van der Waals surface area contributed by atoms with E-state index in [0.717, 1.165) is 0 Å². The van der Waals surface area contributed by atoms with Gasteiger partial charge >= 0.3 is 5.97 Å². The summed E-state index contributed by atoms with van der Waals surface area (Å²) in [6, 6.07) is 5.66. The number of hydrogen-bond donors (Lipinski definition) is 1. The molecule has 1 heterocycles. The van der Waals surface area contributed by atoms with E-state index in [0.29, 0.717) is 11.3 Å². The lowest BCUT2D eigenvalue weighted by molar-refractivity contribution is -0.138. The highest BCUT2D eigenvalue weighted by atomic mass is 19.1. The zero-order chi connectivity index (χ0) is 18.6. The van der Waals surface area contributed by atoms with Gasteiger partial charge in [0, 0.05) is 17.6 Å². The first-order valence-corrected chi connectivity index (χ1v) is 8.08. The Balaban J connectivity index is 2.09. The van der Waals surface area contributed by atoms with Gasteiger partial charge in [-0.2, -0.15) is 5.10 Å². The lowest BCUT2D eigenvalue weighted by atomic mass is 10.1. The molecule has 0 atom stereocenters. The summed E-state index contributed by atoms with van der Waals surface area (Å²) < 4.78 is 18.2. The van der Waals surface area contributed by atoms with E-state index in [9.17, 15) is 14.0 Å². The molecular weight excluding hydrogens is 325 g/mol. The second-order valence-corrected chi connectivity index (χ2v) is 6.23. The number of nitrogens with one attached hydrogen (secondary N) is 1. The fourth-order valence-electron chi connectivity index (χ4n) is 2.73. The summed E-state index contributed by atoms with van der Waals surface area (Å²) in [7, 11) is 0. The third kappa shape index (κ3) is 4.43. The summed E-state index contributed by atoms with van der Waals surface area (Å²) >= 11 is 0. The van der Waals surface area contributed by atoms with Gasteiger partial charge in [0.1, 0.15) is 11.4 Å². The molecule has 0 unspecified atom stereocenters. The molecule has 134 valence electrons. The van der Waals surface area contributed by atoms with Gasteiger partial charge in [-0.3, -0.25) is 9.89 Å². The van der Waals surface area contributed by atoms with Crippen LogP contribution in [-0.2, 0) is 9.53 Å². The van der Waals surface area contributed by atoms with Crippen LogP contribution in [0.5, 0.6) is 0 Å². The Morgan fingerprint density at radius 1 is 1.16 bits per heavy atom. The van der Waals surface area contributed by atoms with Crippen molar-refractivity contribution in [2.24, 2.45) is 0 Å². The Morgan fingerprint density at radius 2 is 1.76 bits per heavy atom. The van der Waals surface area contributed by atoms with Crippen LogP contribution >= 0.6 is 0 Å². The van der Waals surface area contributed by atoms with Crippen molar-refractivity contribution in [2.75, 3.05) is 6.61 Å². The van der Waals surface area contributed by atoms with Gasteiger partial charge in [-0.05, 0) is 52.0 Å². The molecule has 0 aliphatic heterocycles. The number of benzene rings is 1. The van der Waals surface area contributed by atoms with Crippen LogP contribution in [0, 0.1) is 5.82 Å². The lowest BCUT2D eigenvalue weighted by Crippen LogP contribution is -2.44. The highest BCUT2D eigenvalue weighted by molar-refractivity contribution is 5.97. The predicted molar refractivity (Wildman–Crippen MR) is 91.4 cm³/mol. The first kappa shape index (κ1) is 18.6. The number of ether oxygens (including phenoxy) is 1. The Bertz CT molecular complexity index is 730. The van der Waals surface area contributed by atoms with Crippen LogP contribution in [0.3, 0.4) is 0 Å². The molecule has 0 aliphatic rings. The molecule has 1 amide bonds. The number of H-pyrrole nitrogens is 1. The number of carbonyl (C=O) groups excluding carboxylic acids is 2. The number of halogens is 1. The number of aromatic amines is 1. The minimum Gasteiger partial charge on any atom is -0.452 e. The van der Waals surface area contributed by atoms with E-state index in [1.807, 2.05) is 27.7 Å². The first-order valence-electron chi connectivity index (χ1n) is 8.08. The summed E-state index contributed by atoms with van der Waals surface area (Å²) in [5.41, 5.74) is 1.21. The molecule has 0 radical (unpaired) electrons. The summed E-state index contributed by atoms with van der Waals surface area (Å²) in [5.74, 6) is -1.29. The Hall–Kier alpha value is -2.70. The van der Waals surface area contributed by atoms with Crippen molar-refractivity contribution in [1.29, 1.82) is 0 Å². The molecule has 0 aliphatic carbocycles. The van der Waals surface area contributed by atoms with Gasteiger partial charge < -0.3 is 9.64 Å². The molecule has 0 bridgehead atoms. The predicted octanol–water partition coefficient (Wildman–Crippen LogP) is 3.02. The van der Waals surface area contributed by atoms with Crippen LogP contribution in [0.2, 0.25) is 0 Å². The van der Waals surface area contributed by atoms with Crippen LogP contribution in [0.25, 0.3) is 11.3 Å². The molecule has 1 N–H and O–H groups in total. The van der Waals surface area contributed by atoms with Gasteiger partial charge in [0.15, 0.2) is 6.61 Å². The van der Waals surface area contributed by atoms with Crippen LogP contribution in [-0.4, -0.2) is 45.7 Å². The number of aromatic nitrogens is 2. The summed E-state index contributed by atoms with van der Waals surface area (Å²) in [6.45, 7) is 7.28. The molecule has 6 nitrogen and oxygen atoms in total. The highest BCUT2D eigenvalue weighted by Crippen LogP contribution is 2.22. The number of amides is 1. The summed E-state index contributed by atoms with van der Waals surface area (Å²) in [6.07, 6.45) is 1.33. The van der Waals surface area contributed by atoms with Gasteiger partial charge in [0.05, 0.1) is 11.9 Å². The van der Waals surface area contributed by atoms with E-state index in [4.69, 9.17) is 4.74 Å². The van der Waals surface area contributed by atoms with E-state index < -0.39 is 5.97 Å². The zero-order valence-corrected chi connectivity index (χ0v) is 14.7. The van der Waals surface area contributed by atoms with Gasteiger partial charge in [0.2, 0.25) is 0 Å². The maximum Gasteiger partial charge on any atom is 0.342 e. The monoisotopic (exact) mass is 347 g/mol. The second-order valence-electron chi connectivity index (χ2n) is 6.23.